The number of hydrogen-bond donors (Lipinski definition) is 1. The van der Waals surface area contributed by atoms with Crippen molar-refractivity contribution in [1.29, 1.82) is 0 Å². The predicted molar refractivity (Wildman–Crippen MR) is 74.5 cm³/mol. The third-order valence-electron chi connectivity index (χ3n) is 2.79. The van der Waals surface area contributed by atoms with Gasteiger partial charge in [-0.05, 0) is 43.8 Å². The molecule has 2 heteroatoms. The van der Waals surface area contributed by atoms with Crippen molar-refractivity contribution in [3.05, 3.63) is 60.2 Å². The Balaban J connectivity index is 2.08. The summed E-state index contributed by atoms with van der Waals surface area (Å²) in [5.74, 6) is 0. The number of hydrogen-bond acceptors (Lipinski definition) is 2. The molecule has 2 aromatic carbocycles. The van der Waals surface area contributed by atoms with Crippen molar-refractivity contribution in [3.8, 4) is 0 Å². The number of nitrogens with one attached hydrogen (secondary N) is 1. The first-order valence-electron chi connectivity index (χ1n) is 5.79. The summed E-state index contributed by atoms with van der Waals surface area (Å²) in [4.78, 5) is 2.56. The minimum Gasteiger partial charge on any atom is -0.313 e. The van der Waals surface area contributed by atoms with E-state index in [9.17, 15) is 0 Å². The third kappa shape index (κ3) is 3.35. The Hall–Kier alpha value is -1.25. The molecular formula is C15H17NS. The average molecular weight is 243 g/mol. The maximum absolute atomic E-state index is 3.24. The Morgan fingerprint density at radius 1 is 0.882 bits per heavy atom. The highest BCUT2D eigenvalue weighted by atomic mass is 32.2. The van der Waals surface area contributed by atoms with E-state index in [1.165, 1.54) is 15.4 Å². The Morgan fingerprint density at radius 2 is 1.47 bits per heavy atom. The van der Waals surface area contributed by atoms with E-state index in [1.54, 1.807) is 11.8 Å². The zero-order valence-corrected chi connectivity index (χ0v) is 11.0. The summed E-state index contributed by atoms with van der Waals surface area (Å²) in [6.45, 7) is 2.17. The fraction of sp³-hybridized carbons (Fsp3) is 0.200. The van der Waals surface area contributed by atoms with Crippen molar-refractivity contribution in [2.24, 2.45) is 0 Å². The van der Waals surface area contributed by atoms with Gasteiger partial charge in [-0.15, -0.1) is 0 Å². The first-order valence-corrected chi connectivity index (χ1v) is 6.61. The highest BCUT2D eigenvalue weighted by molar-refractivity contribution is 7.99. The molecule has 0 bridgehead atoms. The fourth-order valence-electron chi connectivity index (χ4n) is 1.62. The molecule has 1 unspecified atom stereocenters. The molecule has 0 aliphatic rings. The van der Waals surface area contributed by atoms with Gasteiger partial charge in [-0.25, -0.2) is 0 Å². The molecule has 2 aromatic rings. The quantitative estimate of drug-likeness (QED) is 0.867. The minimum atomic E-state index is 0.408. The third-order valence-corrected chi connectivity index (χ3v) is 3.81. The van der Waals surface area contributed by atoms with Gasteiger partial charge in [0.15, 0.2) is 0 Å². The Bertz CT molecular complexity index is 450. The Labute approximate surface area is 107 Å². The second-order valence-corrected chi connectivity index (χ2v) is 5.14. The average Bonchev–Trinajstić information content (AvgIpc) is 2.40. The molecule has 0 aliphatic carbocycles. The number of rotatable bonds is 4. The van der Waals surface area contributed by atoms with Gasteiger partial charge in [0.1, 0.15) is 0 Å². The second kappa shape index (κ2) is 5.89. The minimum absolute atomic E-state index is 0.408. The fourth-order valence-corrected chi connectivity index (χ4v) is 2.45. The highest BCUT2D eigenvalue weighted by Gasteiger charge is 2.02. The molecule has 1 nitrogen and oxygen atoms in total. The topological polar surface area (TPSA) is 12.0 Å². The van der Waals surface area contributed by atoms with Crippen LogP contribution >= 0.6 is 11.8 Å². The maximum Gasteiger partial charge on any atom is 0.0289 e. The van der Waals surface area contributed by atoms with Crippen molar-refractivity contribution in [2.75, 3.05) is 7.05 Å². The van der Waals surface area contributed by atoms with Crippen molar-refractivity contribution in [1.82, 2.24) is 5.32 Å². The Morgan fingerprint density at radius 3 is 2.06 bits per heavy atom. The zero-order chi connectivity index (χ0) is 12.1. The van der Waals surface area contributed by atoms with E-state index in [1.807, 2.05) is 13.1 Å². The van der Waals surface area contributed by atoms with E-state index in [0.717, 1.165) is 0 Å². The van der Waals surface area contributed by atoms with Crippen LogP contribution in [-0.4, -0.2) is 7.05 Å². The molecule has 2 rings (SSSR count). The van der Waals surface area contributed by atoms with Gasteiger partial charge < -0.3 is 5.32 Å². The normalized spacial score (nSPS) is 12.4. The summed E-state index contributed by atoms with van der Waals surface area (Å²) in [5, 5.41) is 3.24. The van der Waals surface area contributed by atoms with Gasteiger partial charge in [0.25, 0.3) is 0 Å². The summed E-state index contributed by atoms with van der Waals surface area (Å²) in [6.07, 6.45) is 0. The van der Waals surface area contributed by atoms with Crippen LogP contribution in [0.3, 0.4) is 0 Å². The summed E-state index contributed by atoms with van der Waals surface area (Å²) in [6, 6.07) is 19.6. The van der Waals surface area contributed by atoms with Gasteiger partial charge >= 0.3 is 0 Å². The molecule has 0 spiro atoms. The van der Waals surface area contributed by atoms with Crippen LogP contribution in [0.25, 0.3) is 0 Å². The van der Waals surface area contributed by atoms with Crippen molar-refractivity contribution in [3.63, 3.8) is 0 Å². The van der Waals surface area contributed by atoms with Crippen LogP contribution < -0.4 is 5.32 Å². The van der Waals surface area contributed by atoms with Crippen molar-refractivity contribution < 1.29 is 0 Å². The van der Waals surface area contributed by atoms with Crippen LogP contribution in [0.4, 0.5) is 0 Å². The van der Waals surface area contributed by atoms with E-state index in [2.05, 4.69) is 60.8 Å². The van der Waals surface area contributed by atoms with E-state index < -0.39 is 0 Å². The molecule has 0 aromatic heterocycles. The van der Waals surface area contributed by atoms with Gasteiger partial charge in [-0.1, -0.05) is 42.1 Å². The van der Waals surface area contributed by atoms with E-state index in [0.29, 0.717) is 6.04 Å². The summed E-state index contributed by atoms with van der Waals surface area (Å²) in [7, 11) is 1.98. The van der Waals surface area contributed by atoms with Crippen LogP contribution in [-0.2, 0) is 0 Å². The maximum atomic E-state index is 3.24. The van der Waals surface area contributed by atoms with E-state index >= 15 is 0 Å². The summed E-state index contributed by atoms with van der Waals surface area (Å²) >= 11 is 1.80. The highest BCUT2D eigenvalue weighted by Crippen LogP contribution is 2.28. The van der Waals surface area contributed by atoms with Crippen LogP contribution in [0.5, 0.6) is 0 Å². The second-order valence-electron chi connectivity index (χ2n) is 3.99. The predicted octanol–water partition coefficient (Wildman–Crippen LogP) is 4.12. The molecule has 0 radical (unpaired) electrons. The molecule has 17 heavy (non-hydrogen) atoms. The molecule has 0 saturated heterocycles. The summed E-state index contributed by atoms with van der Waals surface area (Å²) < 4.78 is 0. The molecular weight excluding hydrogens is 226 g/mol. The molecule has 1 atom stereocenters. The lowest BCUT2D eigenvalue weighted by Gasteiger charge is -2.10. The zero-order valence-electron chi connectivity index (χ0n) is 10.2. The van der Waals surface area contributed by atoms with Crippen LogP contribution in [0, 0.1) is 0 Å². The van der Waals surface area contributed by atoms with Crippen molar-refractivity contribution in [2.45, 2.75) is 22.8 Å². The Kier molecular flexibility index (Phi) is 4.24. The lowest BCUT2D eigenvalue weighted by molar-refractivity contribution is 0.652. The van der Waals surface area contributed by atoms with E-state index in [4.69, 9.17) is 0 Å². The van der Waals surface area contributed by atoms with Crippen LogP contribution in [0.1, 0.15) is 18.5 Å². The monoisotopic (exact) mass is 243 g/mol. The molecule has 0 saturated carbocycles. The SMILES string of the molecule is CNC(C)c1ccc(Sc2ccccc2)cc1. The molecule has 0 aliphatic heterocycles. The van der Waals surface area contributed by atoms with Crippen LogP contribution in [0.2, 0.25) is 0 Å². The van der Waals surface area contributed by atoms with Crippen LogP contribution in [0.15, 0.2) is 64.4 Å². The first kappa shape index (κ1) is 12.2. The molecule has 0 fully saturated rings. The van der Waals surface area contributed by atoms with Gasteiger partial charge in [-0.2, -0.15) is 0 Å². The lowest BCUT2D eigenvalue weighted by Crippen LogP contribution is -2.11. The standard InChI is InChI=1S/C15H17NS/c1-12(16-2)13-8-10-15(11-9-13)17-14-6-4-3-5-7-14/h3-12,16H,1-2H3. The molecule has 0 heterocycles. The largest absolute Gasteiger partial charge is 0.313 e. The van der Waals surface area contributed by atoms with Crippen molar-refractivity contribution >= 4 is 11.8 Å². The van der Waals surface area contributed by atoms with Gasteiger partial charge in [0.05, 0.1) is 0 Å². The first-order chi connectivity index (χ1) is 8.29. The molecule has 1 N–H and O–H groups in total. The summed E-state index contributed by atoms with van der Waals surface area (Å²) in [5.41, 5.74) is 1.32. The van der Waals surface area contributed by atoms with Gasteiger partial charge in [-0.3, -0.25) is 0 Å². The molecule has 0 amide bonds. The smallest absolute Gasteiger partial charge is 0.0289 e. The number of benzene rings is 2. The van der Waals surface area contributed by atoms with Gasteiger partial charge in [0, 0.05) is 15.8 Å². The van der Waals surface area contributed by atoms with Gasteiger partial charge in [0.2, 0.25) is 0 Å². The van der Waals surface area contributed by atoms with E-state index in [-0.39, 0.29) is 0 Å². The molecule has 88 valence electrons. The lowest BCUT2D eigenvalue weighted by atomic mass is 10.1.